The summed E-state index contributed by atoms with van der Waals surface area (Å²) in [5.41, 5.74) is 2.37. The molecule has 0 amide bonds. The summed E-state index contributed by atoms with van der Waals surface area (Å²) in [7, 11) is 1.58. The molecule has 3 aromatic rings. The molecule has 0 aliphatic rings. The van der Waals surface area contributed by atoms with Crippen LogP contribution in [0.5, 0.6) is 11.5 Å². The highest BCUT2D eigenvalue weighted by molar-refractivity contribution is 6.10. The Hall–Kier alpha value is -3.03. The lowest BCUT2D eigenvalue weighted by molar-refractivity contribution is 0.156. The first-order valence-electron chi connectivity index (χ1n) is 8.70. The Morgan fingerprint density at radius 3 is 2.52 bits per heavy atom. The van der Waals surface area contributed by atoms with Gasteiger partial charge in [0.25, 0.3) is 0 Å². The van der Waals surface area contributed by atoms with Crippen LogP contribution in [0.25, 0.3) is 10.9 Å². The Labute approximate surface area is 157 Å². The SMILES string of the molecule is CNC(O)N(C(=N)c1cc(C(C)C)c(O)cc1O)c1ccc2[nH]ccc2c1. The van der Waals surface area contributed by atoms with Gasteiger partial charge in [-0.25, -0.2) is 0 Å². The van der Waals surface area contributed by atoms with Crippen LogP contribution in [0.4, 0.5) is 5.69 Å². The Bertz CT molecular complexity index is 981. The number of phenols is 2. The quantitative estimate of drug-likeness (QED) is 0.235. The van der Waals surface area contributed by atoms with Gasteiger partial charge in [-0.3, -0.25) is 15.6 Å². The van der Waals surface area contributed by atoms with E-state index >= 15 is 0 Å². The van der Waals surface area contributed by atoms with Crippen molar-refractivity contribution in [3.05, 3.63) is 53.7 Å². The molecule has 6 N–H and O–H groups in total. The van der Waals surface area contributed by atoms with E-state index in [0.717, 1.165) is 10.9 Å². The van der Waals surface area contributed by atoms with Crippen LogP contribution in [0.2, 0.25) is 0 Å². The molecule has 2 aromatic carbocycles. The molecule has 1 heterocycles. The van der Waals surface area contributed by atoms with Gasteiger partial charge in [0.15, 0.2) is 6.35 Å². The first kappa shape index (κ1) is 18.8. The van der Waals surface area contributed by atoms with Gasteiger partial charge in [-0.2, -0.15) is 0 Å². The zero-order valence-electron chi connectivity index (χ0n) is 15.5. The molecule has 0 saturated heterocycles. The normalized spacial score (nSPS) is 12.5. The van der Waals surface area contributed by atoms with Crippen molar-refractivity contribution in [3.8, 4) is 11.5 Å². The van der Waals surface area contributed by atoms with Crippen LogP contribution < -0.4 is 10.2 Å². The fourth-order valence-corrected chi connectivity index (χ4v) is 3.09. The van der Waals surface area contributed by atoms with Gasteiger partial charge in [0.1, 0.15) is 17.3 Å². The summed E-state index contributed by atoms with van der Waals surface area (Å²) in [6, 6.07) is 10.2. The van der Waals surface area contributed by atoms with Crippen molar-refractivity contribution in [2.45, 2.75) is 26.1 Å². The highest BCUT2D eigenvalue weighted by atomic mass is 16.3. The molecule has 7 heteroatoms. The van der Waals surface area contributed by atoms with Gasteiger partial charge >= 0.3 is 0 Å². The first-order chi connectivity index (χ1) is 12.8. The maximum Gasteiger partial charge on any atom is 0.189 e. The van der Waals surface area contributed by atoms with Gasteiger partial charge < -0.3 is 20.3 Å². The molecular formula is C20H24N4O3. The van der Waals surface area contributed by atoms with Crippen LogP contribution in [-0.2, 0) is 0 Å². The molecule has 0 bridgehead atoms. The van der Waals surface area contributed by atoms with E-state index < -0.39 is 6.35 Å². The van der Waals surface area contributed by atoms with Crippen molar-refractivity contribution >= 4 is 22.4 Å². The van der Waals surface area contributed by atoms with E-state index in [1.54, 1.807) is 19.2 Å². The number of aromatic hydroxyl groups is 2. The second-order valence-electron chi connectivity index (χ2n) is 6.71. The van der Waals surface area contributed by atoms with Crippen molar-refractivity contribution in [2.24, 2.45) is 0 Å². The summed E-state index contributed by atoms with van der Waals surface area (Å²) >= 11 is 0. The van der Waals surface area contributed by atoms with Crippen LogP contribution >= 0.6 is 0 Å². The number of rotatable bonds is 5. The van der Waals surface area contributed by atoms with Crippen LogP contribution in [0.3, 0.4) is 0 Å². The molecule has 0 radical (unpaired) electrons. The van der Waals surface area contributed by atoms with Crippen molar-refractivity contribution in [1.82, 2.24) is 10.3 Å². The minimum Gasteiger partial charge on any atom is -0.508 e. The molecule has 0 aliphatic heterocycles. The number of nitrogens with zero attached hydrogens (tertiary/aromatic N) is 1. The molecule has 0 spiro atoms. The topological polar surface area (TPSA) is 116 Å². The van der Waals surface area contributed by atoms with E-state index in [1.165, 1.54) is 11.0 Å². The highest BCUT2D eigenvalue weighted by Gasteiger charge is 2.25. The molecule has 3 rings (SSSR count). The van der Waals surface area contributed by atoms with E-state index in [0.29, 0.717) is 11.3 Å². The van der Waals surface area contributed by atoms with E-state index in [1.807, 2.05) is 38.2 Å². The van der Waals surface area contributed by atoms with Gasteiger partial charge in [0.2, 0.25) is 0 Å². The molecule has 0 aliphatic carbocycles. The number of fused-ring (bicyclic) bond motifs is 1. The fourth-order valence-electron chi connectivity index (χ4n) is 3.09. The van der Waals surface area contributed by atoms with Gasteiger partial charge in [0, 0.05) is 28.9 Å². The number of aromatic amines is 1. The number of amidine groups is 1. The molecular weight excluding hydrogens is 344 g/mol. The van der Waals surface area contributed by atoms with E-state index in [2.05, 4.69) is 10.3 Å². The smallest absolute Gasteiger partial charge is 0.189 e. The second kappa shape index (κ2) is 7.30. The predicted octanol–water partition coefficient (Wildman–Crippen LogP) is 3.03. The number of benzene rings is 2. The largest absolute Gasteiger partial charge is 0.508 e. The van der Waals surface area contributed by atoms with E-state index in [9.17, 15) is 15.3 Å². The molecule has 142 valence electrons. The summed E-state index contributed by atoms with van der Waals surface area (Å²) in [5, 5.41) is 43.2. The minimum absolute atomic E-state index is 0.0102. The number of aliphatic hydroxyl groups is 1. The average Bonchev–Trinajstić information content (AvgIpc) is 3.09. The van der Waals surface area contributed by atoms with Gasteiger partial charge in [0.05, 0.1) is 5.56 Å². The number of hydrogen-bond donors (Lipinski definition) is 6. The third-order valence-corrected chi connectivity index (χ3v) is 4.58. The number of H-pyrrole nitrogens is 1. The maximum absolute atomic E-state index is 10.5. The van der Waals surface area contributed by atoms with Crippen LogP contribution in [0.15, 0.2) is 42.6 Å². The number of anilines is 1. The Balaban J connectivity index is 2.10. The summed E-state index contributed by atoms with van der Waals surface area (Å²) in [6.07, 6.45) is 0.642. The average molecular weight is 368 g/mol. The number of aromatic nitrogens is 1. The molecule has 0 fully saturated rings. The Kier molecular flexibility index (Phi) is 5.07. The maximum atomic E-state index is 10.5. The zero-order chi connectivity index (χ0) is 19.7. The van der Waals surface area contributed by atoms with Crippen LogP contribution in [0.1, 0.15) is 30.9 Å². The summed E-state index contributed by atoms with van der Waals surface area (Å²) in [6.45, 7) is 3.83. The zero-order valence-corrected chi connectivity index (χ0v) is 15.5. The number of nitrogens with one attached hydrogen (secondary N) is 3. The summed E-state index contributed by atoms with van der Waals surface area (Å²) < 4.78 is 0. The van der Waals surface area contributed by atoms with Crippen LogP contribution in [-0.4, -0.2) is 39.5 Å². The van der Waals surface area contributed by atoms with Gasteiger partial charge in [-0.15, -0.1) is 0 Å². The lowest BCUT2D eigenvalue weighted by Gasteiger charge is -2.30. The number of phenolic OH excluding ortho intramolecular Hbond substituents is 2. The van der Waals surface area contributed by atoms with Crippen molar-refractivity contribution in [1.29, 1.82) is 5.41 Å². The fraction of sp³-hybridized carbons (Fsp3) is 0.250. The molecule has 1 unspecified atom stereocenters. The van der Waals surface area contributed by atoms with Crippen molar-refractivity contribution < 1.29 is 15.3 Å². The molecule has 0 saturated carbocycles. The standard InChI is InChI=1S/C20H24N4O3/c1-11(2)14-9-15(18(26)10-17(14)25)19(21)24(20(27)22-3)13-4-5-16-12(8-13)6-7-23-16/h4-11,20-23,25-27H,1-3H3. The lowest BCUT2D eigenvalue weighted by Crippen LogP contribution is -2.48. The van der Waals surface area contributed by atoms with Gasteiger partial charge in [-0.1, -0.05) is 13.8 Å². The highest BCUT2D eigenvalue weighted by Crippen LogP contribution is 2.34. The van der Waals surface area contributed by atoms with Crippen molar-refractivity contribution in [3.63, 3.8) is 0 Å². The predicted molar refractivity (Wildman–Crippen MR) is 107 cm³/mol. The van der Waals surface area contributed by atoms with E-state index in [4.69, 9.17) is 5.41 Å². The molecule has 27 heavy (non-hydrogen) atoms. The minimum atomic E-state index is -1.18. The van der Waals surface area contributed by atoms with Crippen molar-refractivity contribution in [2.75, 3.05) is 11.9 Å². The molecule has 1 atom stereocenters. The lowest BCUT2D eigenvalue weighted by atomic mass is 9.98. The first-order valence-corrected chi connectivity index (χ1v) is 8.70. The Morgan fingerprint density at radius 2 is 1.85 bits per heavy atom. The third kappa shape index (κ3) is 3.47. The summed E-state index contributed by atoms with van der Waals surface area (Å²) in [4.78, 5) is 4.48. The van der Waals surface area contributed by atoms with Gasteiger partial charge in [-0.05, 0) is 48.9 Å². The number of hydrogen-bond acceptors (Lipinski definition) is 5. The second-order valence-corrected chi connectivity index (χ2v) is 6.71. The molecule has 1 aromatic heterocycles. The summed E-state index contributed by atoms with van der Waals surface area (Å²) in [5.74, 6) is -0.325. The number of aliphatic hydroxyl groups excluding tert-OH is 1. The molecule has 7 nitrogen and oxygen atoms in total. The Morgan fingerprint density at radius 1 is 1.11 bits per heavy atom. The van der Waals surface area contributed by atoms with Crippen LogP contribution in [0, 0.1) is 5.41 Å². The monoisotopic (exact) mass is 368 g/mol. The third-order valence-electron chi connectivity index (χ3n) is 4.58. The van der Waals surface area contributed by atoms with E-state index in [-0.39, 0.29) is 28.8 Å².